The van der Waals surface area contributed by atoms with Gasteiger partial charge < -0.3 is 15.4 Å². The third kappa shape index (κ3) is 3.46. The number of amides is 1. The van der Waals surface area contributed by atoms with Gasteiger partial charge in [0.2, 0.25) is 5.91 Å². The van der Waals surface area contributed by atoms with Crippen LogP contribution in [-0.2, 0) is 9.53 Å². The van der Waals surface area contributed by atoms with E-state index in [1.165, 1.54) is 0 Å². The lowest BCUT2D eigenvalue weighted by Gasteiger charge is -2.23. The van der Waals surface area contributed by atoms with Crippen LogP contribution in [0.3, 0.4) is 0 Å². The van der Waals surface area contributed by atoms with E-state index in [0.29, 0.717) is 25.5 Å². The minimum atomic E-state index is -0.245. The minimum Gasteiger partial charge on any atom is -0.378 e. The van der Waals surface area contributed by atoms with Gasteiger partial charge in [0.05, 0.1) is 19.3 Å². The Bertz CT molecular complexity index is 348. The van der Waals surface area contributed by atoms with Crippen molar-refractivity contribution in [1.82, 2.24) is 31.3 Å². The van der Waals surface area contributed by atoms with Gasteiger partial charge in [-0.1, -0.05) is 5.21 Å². The van der Waals surface area contributed by atoms with Crippen LogP contribution in [0.5, 0.6) is 0 Å². The summed E-state index contributed by atoms with van der Waals surface area (Å²) in [5.41, 5.74) is 0. The highest BCUT2D eigenvalue weighted by Gasteiger charge is 2.19. The standard InChI is InChI=1S/C9H16N6O2/c1-6(9-12-14-15-13-9)11-8(16)4-7-5-17-3-2-10-7/h6-7,10H,2-5H2,1H3,(H,11,16)(H,12,13,14,15). The molecule has 2 heterocycles. The maximum Gasteiger partial charge on any atom is 0.222 e. The molecule has 1 aliphatic heterocycles. The topological polar surface area (TPSA) is 105 Å². The normalized spacial score (nSPS) is 22.1. The van der Waals surface area contributed by atoms with Crippen molar-refractivity contribution in [1.29, 1.82) is 0 Å². The number of aromatic nitrogens is 4. The van der Waals surface area contributed by atoms with Crippen LogP contribution in [0, 0.1) is 0 Å². The summed E-state index contributed by atoms with van der Waals surface area (Å²) in [6, 6.07) is -0.160. The Morgan fingerprint density at radius 3 is 3.24 bits per heavy atom. The van der Waals surface area contributed by atoms with Crippen LogP contribution in [0.1, 0.15) is 25.2 Å². The zero-order valence-electron chi connectivity index (χ0n) is 9.64. The molecular weight excluding hydrogens is 224 g/mol. The third-order valence-corrected chi connectivity index (χ3v) is 2.56. The van der Waals surface area contributed by atoms with E-state index in [4.69, 9.17) is 4.74 Å². The first-order valence-corrected chi connectivity index (χ1v) is 5.59. The van der Waals surface area contributed by atoms with E-state index in [2.05, 4.69) is 31.3 Å². The SMILES string of the molecule is CC(NC(=O)CC1COCCN1)c1nn[nH]n1. The summed E-state index contributed by atoms with van der Waals surface area (Å²) in [4.78, 5) is 11.7. The van der Waals surface area contributed by atoms with Gasteiger partial charge in [0.1, 0.15) is 0 Å². The maximum atomic E-state index is 11.7. The lowest BCUT2D eigenvalue weighted by molar-refractivity contribution is -0.123. The Morgan fingerprint density at radius 1 is 1.71 bits per heavy atom. The van der Waals surface area contributed by atoms with E-state index < -0.39 is 0 Å². The van der Waals surface area contributed by atoms with Crippen molar-refractivity contribution in [3.63, 3.8) is 0 Å². The van der Waals surface area contributed by atoms with Gasteiger partial charge >= 0.3 is 0 Å². The van der Waals surface area contributed by atoms with Gasteiger partial charge in [-0.05, 0) is 6.92 Å². The Kier molecular flexibility index (Phi) is 3.99. The summed E-state index contributed by atoms with van der Waals surface area (Å²) in [7, 11) is 0. The summed E-state index contributed by atoms with van der Waals surface area (Å²) in [5.74, 6) is 0.427. The number of hydrogen-bond donors (Lipinski definition) is 3. The molecule has 8 nitrogen and oxygen atoms in total. The monoisotopic (exact) mass is 240 g/mol. The molecule has 8 heteroatoms. The van der Waals surface area contributed by atoms with E-state index >= 15 is 0 Å². The number of nitrogens with one attached hydrogen (secondary N) is 3. The van der Waals surface area contributed by atoms with E-state index in [1.807, 2.05) is 6.92 Å². The van der Waals surface area contributed by atoms with Crippen molar-refractivity contribution >= 4 is 5.91 Å². The van der Waals surface area contributed by atoms with Crippen LogP contribution < -0.4 is 10.6 Å². The number of aromatic amines is 1. The number of H-pyrrole nitrogens is 1. The van der Waals surface area contributed by atoms with Gasteiger partial charge in [0.15, 0.2) is 5.82 Å². The Balaban J connectivity index is 1.76. The quantitative estimate of drug-likeness (QED) is 0.607. The predicted octanol–water partition coefficient (Wildman–Crippen LogP) is -1.24. The lowest BCUT2D eigenvalue weighted by atomic mass is 10.2. The van der Waals surface area contributed by atoms with Crippen LogP contribution in [-0.4, -0.2) is 52.3 Å². The largest absolute Gasteiger partial charge is 0.378 e. The average molecular weight is 240 g/mol. The van der Waals surface area contributed by atoms with Crippen LogP contribution in [0.4, 0.5) is 0 Å². The number of ether oxygens (including phenoxy) is 1. The van der Waals surface area contributed by atoms with Crippen molar-refractivity contribution in [2.24, 2.45) is 0 Å². The highest BCUT2D eigenvalue weighted by Crippen LogP contribution is 2.05. The molecule has 17 heavy (non-hydrogen) atoms. The van der Waals surface area contributed by atoms with E-state index in [0.717, 1.165) is 6.54 Å². The summed E-state index contributed by atoms with van der Waals surface area (Å²) >= 11 is 0. The van der Waals surface area contributed by atoms with Gasteiger partial charge in [0.25, 0.3) is 0 Å². The maximum absolute atomic E-state index is 11.7. The zero-order chi connectivity index (χ0) is 12.1. The van der Waals surface area contributed by atoms with Crippen LogP contribution in [0.2, 0.25) is 0 Å². The van der Waals surface area contributed by atoms with Gasteiger partial charge in [-0.25, -0.2) is 0 Å². The summed E-state index contributed by atoms with van der Waals surface area (Å²) in [6.45, 7) is 3.88. The molecule has 1 fully saturated rings. The molecule has 0 spiro atoms. The summed E-state index contributed by atoms with van der Waals surface area (Å²) in [5, 5.41) is 19.5. The van der Waals surface area contributed by atoms with Crippen LogP contribution in [0.15, 0.2) is 0 Å². The van der Waals surface area contributed by atoms with Crippen LogP contribution >= 0.6 is 0 Å². The fraction of sp³-hybridized carbons (Fsp3) is 0.778. The smallest absolute Gasteiger partial charge is 0.222 e. The van der Waals surface area contributed by atoms with Gasteiger partial charge in [-0.15, -0.1) is 10.2 Å². The van der Waals surface area contributed by atoms with Crippen molar-refractivity contribution < 1.29 is 9.53 Å². The van der Waals surface area contributed by atoms with E-state index in [-0.39, 0.29) is 18.0 Å². The molecule has 1 saturated heterocycles. The fourth-order valence-corrected chi connectivity index (χ4v) is 1.69. The molecule has 1 aliphatic rings. The highest BCUT2D eigenvalue weighted by molar-refractivity contribution is 5.76. The predicted molar refractivity (Wildman–Crippen MR) is 58.0 cm³/mol. The third-order valence-electron chi connectivity index (χ3n) is 2.56. The number of hydrogen-bond acceptors (Lipinski definition) is 6. The van der Waals surface area contributed by atoms with E-state index in [1.54, 1.807) is 0 Å². The molecule has 0 bridgehead atoms. The fourth-order valence-electron chi connectivity index (χ4n) is 1.69. The first-order valence-electron chi connectivity index (χ1n) is 5.59. The second kappa shape index (κ2) is 5.69. The molecule has 0 radical (unpaired) electrons. The number of rotatable bonds is 4. The Morgan fingerprint density at radius 2 is 2.59 bits per heavy atom. The lowest BCUT2D eigenvalue weighted by Crippen LogP contribution is -2.44. The first kappa shape index (κ1) is 11.9. The van der Waals surface area contributed by atoms with E-state index in [9.17, 15) is 4.79 Å². The number of nitrogens with zero attached hydrogens (tertiary/aromatic N) is 3. The van der Waals surface area contributed by atoms with Gasteiger partial charge in [-0.3, -0.25) is 4.79 Å². The second-order valence-corrected chi connectivity index (χ2v) is 3.99. The van der Waals surface area contributed by atoms with Gasteiger partial charge in [0, 0.05) is 19.0 Å². The first-order chi connectivity index (χ1) is 8.25. The molecule has 1 amide bonds. The highest BCUT2D eigenvalue weighted by atomic mass is 16.5. The molecule has 3 N–H and O–H groups in total. The summed E-state index contributed by atoms with van der Waals surface area (Å²) < 4.78 is 5.28. The molecular formula is C9H16N6O2. The molecule has 1 aromatic rings. The molecule has 94 valence electrons. The Labute approximate surface area is 98.5 Å². The molecule has 0 aromatic carbocycles. The summed E-state index contributed by atoms with van der Waals surface area (Å²) in [6.07, 6.45) is 0.391. The zero-order valence-corrected chi connectivity index (χ0v) is 9.64. The van der Waals surface area contributed by atoms with Gasteiger partial charge in [-0.2, -0.15) is 5.21 Å². The molecule has 1 aromatic heterocycles. The van der Waals surface area contributed by atoms with Crippen molar-refractivity contribution in [2.75, 3.05) is 19.8 Å². The average Bonchev–Trinajstić information content (AvgIpc) is 2.83. The molecule has 2 atom stereocenters. The molecule has 2 rings (SSSR count). The molecule has 0 aliphatic carbocycles. The van der Waals surface area contributed by atoms with Crippen molar-refractivity contribution in [3.8, 4) is 0 Å². The molecule has 2 unspecified atom stereocenters. The molecule has 0 saturated carbocycles. The number of carbonyl (C=O) groups is 1. The minimum absolute atomic E-state index is 0.0506. The van der Waals surface area contributed by atoms with Crippen molar-refractivity contribution in [2.45, 2.75) is 25.4 Å². The number of tetrazole rings is 1. The number of carbonyl (C=O) groups excluding carboxylic acids is 1. The van der Waals surface area contributed by atoms with Crippen LogP contribution in [0.25, 0.3) is 0 Å². The second-order valence-electron chi connectivity index (χ2n) is 3.99. The Hall–Kier alpha value is -1.54. The van der Waals surface area contributed by atoms with Crippen molar-refractivity contribution in [3.05, 3.63) is 5.82 Å². The number of morpholine rings is 1.